The summed E-state index contributed by atoms with van der Waals surface area (Å²) in [5.74, 6) is 0.416. The van der Waals surface area contributed by atoms with Crippen LogP contribution in [0.3, 0.4) is 0 Å². The molecule has 106 valence electrons. The zero-order chi connectivity index (χ0) is 13.3. The first-order valence-electron chi connectivity index (χ1n) is 7.88. The SMILES string of the molecule is N#CC1(N)CCCC1CCN1CCN(C2CC2)CC1. The van der Waals surface area contributed by atoms with Gasteiger partial charge in [-0.3, -0.25) is 4.90 Å². The normalized spacial score (nSPS) is 37.4. The minimum Gasteiger partial charge on any atom is -0.313 e. The minimum atomic E-state index is -0.532. The van der Waals surface area contributed by atoms with E-state index in [4.69, 9.17) is 5.73 Å². The Bertz CT molecular complexity index is 352. The van der Waals surface area contributed by atoms with Gasteiger partial charge in [0.25, 0.3) is 0 Å². The Balaban J connectivity index is 1.42. The summed E-state index contributed by atoms with van der Waals surface area (Å²) in [4.78, 5) is 5.21. The molecule has 4 heteroatoms. The van der Waals surface area contributed by atoms with Crippen LogP contribution in [-0.4, -0.2) is 54.1 Å². The molecule has 0 radical (unpaired) electrons. The fourth-order valence-corrected chi connectivity index (χ4v) is 3.78. The lowest BCUT2D eigenvalue weighted by atomic mass is 9.87. The average Bonchev–Trinajstić information content (AvgIpc) is 3.22. The van der Waals surface area contributed by atoms with Crippen LogP contribution in [0.5, 0.6) is 0 Å². The zero-order valence-electron chi connectivity index (χ0n) is 11.9. The number of hydrogen-bond donors (Lipinski definition) is 1. The van der Waals surface area contributed by atoms with E-state index in [-0.39, 0.29) is 0 Å². The molecule has 0 aromatic heterocycles. The van der Waals surface area contributed by atoms with Crippen LogP contribution < -0.4 is 5.73 Å². The molecule has 1 saturated heterocycles. The predicted octanol–water partition coefficient (Wildman–Crippen LogP) is 1.18. The van der Waals surface area contributed by atoms with E-state index in [0.29, 0.717) is 5.92 Å². The lowest BCUT2D eigenvalue weighted by Gasteiger charge is -2.36. The van der Waals surface area contributed by atoms with Gasteiger partial charge in [-0.2, -0.15) is 5.26 Å². The molecule has 4 nitrogen and oxygen atoms in total. The molecule has 19 heavy (non-hydrogen) atoms. The lowest BCUT2D eigenvalue weighted by molar-refractivity contribution is 0.119. The molecular formula is C15H26N4. The third-order valence-corrected chi connectivity index (χ3v) is 5.34. The standard InChI is InChI=1S/C15H26N4/c16-12-15(17)6-1-2-13(15)5-7-18-8-10-19(11-9-18)14-3-4-14/h13-14H,1-11,17H2. The van der Waals surface area contributed by atoms with Crippen molar-refractivity contribution in [2.45, 2.75) is 50.1 Å². The van der Waals surface area contributed by atoms with E-state index in [9.17, 15) is 5.26 Å². The molecule has 1 aliphatic heterocycles. The Morgan fingerprint density at radius 1 is 1.16 bits per heavy atom. The molecule has 1 heterocycles. The van der Waals surface area contributed by atoms with Gasteiger partial charge in [0.05, 0.1) is 6.07 Å². The molecule has 2 N–H and O–H groups in total. The van der Waals surface area contributed by atoms with E-state index >= 15 is 0 Å². The van der Waals surface area contributed by atoms with Crippen molar-refractivity contribution in [3.05, 3.63) is 0 Å². The van der Waals surface area contributed by atoms with Gasteiger partial charge >= 0.3 is 0 Å². The number of nitrogens with zero attached hydrogens (tertiary/aromatic N) is 3. The van der Waals surface area contributed by atoms with Crippen LogP contribution in [0.1, 0.15) is 38.5 Å². The van der Waals surface area contributed by atoms with Gasteiger partial charge in [-0.15, -0.1) is 0 Å². The molecule has 0 amide bonds. The number of nitriles is 1. The van der Waals surface area contributed by atoms with Gasteiger partial charge in [0, 0.05) is 32.2 Å². The molecule has 3 aliphatic rings. The molecule has 3 fully saturated rings. The lowest BCUT2D eigenvalue weighted by Crippen LogP contribution is -2.48. The largest absolute Gasteiger partial charge is 0.313 e. The Hall–Kier alpha value is -0.630. The highest BCUT2D eigenvalue weighted by Gasteiger charge is 2.39. The van der Waals surface area contributed by atoms with Gasteiger partial charge in [-0.05, 0) is 44.6 Å². The number of hydrogen-bond acceptors (Lipinski definition) is 4. The first-order chi connectivity index (χ1) is 9.21. The second kappa shape index (κ2) is 5.40. The smallest absolute Gasteiger partial charge is 0.107 e. The summed E-state index contributed by atoms with van der Waals surface area (Å²) in [5.41, 5.74) is 5.67. The van der Waals surface area contributed by atoms with Crippen LogP contribution in [0.4, 0.5) is 0 Å². The maximum Gasteiger partial charge on any atom is 0.107 e. The van der Waals surface area contributed by atoms with E-state index in [1.54, 1.807) is 0 Å². The van der Waals surface area contributed by atoms with Gasteiger partial charge < -0.3 is 10.6 Å². The van der Waals surface area contributed by atoms with Gasteiger partial charge in [-0.25, -0.2) is 0 Å². The fourth-order valence-electron chi connectivity index (χ4n) is 3.78. The fraction of sp³-hybridized carbons (Fsp3) is 0.933. The highest BCUT2D eigenvalue weighted by molar-refractivity contribution is 5.12. The Labute approximate surface area is 116 Å². The predicted molar refractivity (Wildman–Crippen MR) is 75.5 cm³/mol. The first-order valence-corrected chi connectivity index (χ1v) is 7.88. The van der Waals surface area contributed by atoms with Gasteiger partial charge in [0.2, 0.25) is 0 Å². The van der Waals surface area contributed by atoms with E-state index in [0.717, 1.165) is 38.3 Å². The maximum atomic E-state index is 9.24. The van der Waals surface area contributed by atoms with Crippen LogP contribution in [0.15, 0.2) is 0 Å². The third kappa shape index (κ3) is 2.94. The summed E-state index contributed by atoms with van der Waals surface area (Å²) >= 11 is 0. The Morgan fingerprint density at radius 3 is 2.53 bits per heavy atom. The summed E-state index contributed by atoms with van der Waals surface area (Å²) in [7, 11) is 0. The second-order valence-electron chi connectivity index (χ2n) is 6.64. The van der Waals surface area contributed by atoms with E-state index in [1.807, 2.05) is 0 Å². The Kier molecular flexibility index (Phi) is 3.79. The summed E-state index contributed by atoms with van der Waals surface area (Å²) in [6, 6.07) is 3.27. The van der Waals surface area contributed by atoms with Crippen molar-refractivity contribution in [1.29, 1.82) is 5.26 Å². The van der Waals surface area contributed by atoms with Crippen molar-refractivity contribution in [3.63, 3.8) is 0 Å². The first kappa shape index (κ1) is 13.4. The van der Waals surface area contributed by atoms with Gasteiger partial charge in [0.15, 0.2) is 0 Å². The average molecular weight is 262 g/mol. The monoisotopic (exact) mass is 262 g/mol. The Morgan fingerprint density at radius 2 is 1.89 bits per heavy atom. The maximum absolute atomic E-state index is 9.24. The van der Waals surface area contributed by atoms with Crippen molar-refractivity contribution in [2.75, 3.05) is 32.7 Å². The molecule has 3 rings (SSSR count). The number of rotatable bonds is 4. The van der Waals surface area contributed by atoms with Crippen molar-refractivity contribution in [1.82, 2.24) is 9.80 Å². The van der Waals surface area contributed by atoms with Crippen molar-refractivity contribution >= 4 is 0 Å². The highest BCUT2D eigenvalue weighted by Crippen LogP contribution is 2.35. The summed E-state index contributed by atoms with van der Waals surface area (Å²) < 4.78 is 0. The molecule has 2 saturated carbocycles. The van der Waals surface area contributed by atoms with E-state index in [2.05, 4.69) is 15.9 Å². The van der Waals surface area contributed by atoms with Crippen LogP contribution in [0.2, 0.25) is 0 Å². The second-order valence-corrected chi connectivity index (χ2v) is 6.64. The molecule has 0 spiro atoms. The molecule has 2 atom stereocenters. The topological polar surface area (TPSA) is 56.3 Å². The van der Waals surface area contributed by atoms with Crippen molar-refractivity contribution in [2.24, 2.45) is 11.7 Å². The highest BCUT2D eigenvalue weighted by atomic mass is 15.3. The van der Waals surface area contributed by atoms with E-state index < -0.39 is 5.54 Å². The quantitative estimate of drug-likeness (QED) is 0.826. The zero-order valence-corrected chi connectivity index (χ0v) is 11.9. The third-order valence-electron chi connectivity index (χ3n) is 5.34. The summed E-state index contributed by atoms with van der Waals surface area (Å²) in [6.45, 7) is 6.01. The molecule has 0 aromatic rings. The summed E-state index contributed by atoms with van der Waals surface area (Å²) in [5, 5.41) is 9.24. The van der Waals surface area contributed by atoms with Gasteiger partial charge in [0.1, 0.15) is 5.54 Å². The van der Waals surface area contributed by atoms with Crippen LogP contribution in [0.25, 0.3) is 0 Å². The molecule has 0 aromatic carbocycles. The molecule has 2 unspecified atom stereocenters. The van der Waals surface area contributed by atoms with Gasteiger partial charge in [-0.1, -0.05) is 6.42 Å². The van der Waals surface area contributed by atoms with Crippen LogP contribution in [0, 0.1) is 17.2 Å². The minimum absolute atomic E-state index is 0.416. The van der Waals surface area contributed by atoms with Crippen LogP contribution in [-0.2, 0) is 0 Å². The molecular weight excluding hydrogens is 236 g/mol. The number of piperazine rings is 1. The van der Waals surface area contributed by atoms with E-state index in [1.165, 1.54) is 39.0 Å². The van der Waals surface area contributed by atoms with Crippen molar-refractivity contribution < 1.29 is 0 Å². The number of nitrogens with two attached hydrogens (primary N) is 1. The van der Waals surface area contributed by atoms with Crippen molar-refractivity contribution in [3.8, 4) is 6.07 Å². The van der Waals surface area contributed by atoms with Crippen LogP contribution >= 0.6 is 0 Å². The summed E-state index contributed by atoms with van der Waals surface area (Å²) in [6.07, 6.45) is 7.10. The molecule has 0 bridgehead atoms. The molecule has 2 aliphatic carbocycles.